The van der Waals surface area contributed by atoms with Gasteiger partial charge in [0.15, 0.2) is 0 Å². The Balaban J connectivity index is 2.75. The van der Waals surface area contributed by atoms with E-state index >= 15 is 0 Å². The second kappa shape index (κ2) is 4.46. The Morgan fingerprint density at radius 3 is 2.40 bits per heavy atom. The molecule has 1 aromatic carbocycles. The first kappa shape index (κ1) is 11.7. The molecule has 0 fully saturated rings. The van der Waals surface area contributed by atoms with E-state index < -0.39 is 24.8 Å². The van der Waals surface area contributed by atoms with Gasteiger partial charge in [-0.15, -0.1) is 0 Å². The van der Waals surface area contributed by atoms with Crippen LogP contribution in [-0.4, -0.2) is 13.0 Å². The van der Waals surface area contributed by atoms with Gasteiger partial charge in [0.1, 0.15) is 12.4 Å². The van der Waals surface area contributed by atoms with Gasteiger partial charge in [-0.1, -0.05) is 6.07 Å². The second-order valence-corrected chi connectivity index (χ2v) is 2.73. The predicted octanol–water partition coefficient (Wildman–Crippen LogP) is 3.35. The first-order valence-corrected chi connectivity index (χ1v) is 3.98. The average Bonchev–Trinajstić information content (AvgIpc) is 2.14. The molecule has 6 heteroatoms. The van der Waals surface area contributed by atoms with Crippen LogP contribution in [0.5, 0.6) is 5.75 Å². The Bertz CT molecular complexity index is 321. The van der Waals surface area contributed by atoms with Gasteiger partial charge < -0.3 is 4.74 Å². The number of halogens is 5. The van der Waals surface area contributed by atoms with Crippen molar-refractivity contribution < 1.29 is 26.7 Å². The molecule has 0 aliphatic heterocycles. The van der Waals surface area contributed by atoms with E-state index in [1.807, 2.05) is 0 Å². The molecule has 0 aliphatic carbocycles. The highest BCUT2D eigenvalue weighted by atomic mass is 19.4. The summed E-state index contributed by atoms with van der Waals surface area (Å²) in [5, 5.41) is 0. The molecule has 1 nitrogen and oxygen atoms in total. The van der Waals surface area contributed by atoms with Crippen LogP contribution in [0.25, 0.3) is 0 Å². The maximum Gasteiger partial charge on any atom is 0.416 e. The zero-order valence-corrected chi connectivity index (χ0v) is 7.39. The minimum absolute atomic E-state index is 0.217. The van der Waals surface area contributed by atoms with Crippen molar-refractivity contribution in [3.63, 3.8) is 0 Å². The van der Waals surface area contributed by atoms with Gasteiger partial charge in [0, 0.05) is 0 Å². The van der Waals surface area contributed by atoms with E-state index in [1.165, 1.54) is 6.07 Å². The predicted molar refractivity (Wildman–Crippen MR) is 42.9 cm³/mol. The quantitative estimate of drug-likeness (QED) is 0.718. The topological polar surface area (TPSA) is 9.23 Å². The lowest BCUT2D eigenvalue weighted by Crippen LogP contribution is -2.09. The molecule has 84 valence electrons. The molecule has 0 atom stereocenters. The molecule has 0 N–H and O–H groups in total. The van der Waals surface area contributed by atoms with Crippen molar-refractivity contribution in [3.8, 4) is 5.75 Å². The lowest BCUT2D eigenvalue weighted by Gasteiger charge is -2.09. The molecule has 0 aromatic heterocycles. The Kier molecular flexibility index (Phi) is 3.49. The summed E-state index contributed by atoms with van der Waals surface area (Å²) in [7, 11) is 0. The van der Waals surface area contributed by atoms with Gasteiger partial charge in [-0.05, 0) is 18.2 Å². The zero-order valence-electron chi connectivity index (χ0n) is 7.39. The first-order valence-electron chi connectivity index (χ1n) is 3.98. The molecule has 0 radical (unpaired) electrons. The van der Waals surface area contributed by atoms with Crippen molar-refractivity contribution >= 4 is 0 Å². The molecule has 0 amide bonds. The van der Waals surface area contributed by atoms with Gasteiger partial charge >= 0.3 is 6.18 Å². The smallest absolute Gasteiger partial charge is 0.416 e. The number of hydrogen-bond acceptors (Lipinski definition) is 1. The summed E-state index contributed by atoms with van der Waals surface area (Å²) in [5.41, 5.74) is -0.922. The first-order chi connectivity index (χ1) is 6.89. The molecule has 0 unspecified atom stereocenters. The third kappa shape index (κ3) is 3.73. The summed E-state index contributed by atoms with van der Waals surface area (Å²) in [6.07, 6.45) is -7.20. The normalized spacial score (nSPS) is 11.9. The highest BCUT2D eigenvalue weighted by molar-refractivity contribution is 5.30. The largest absolute Gasteiger partial charge is 0.488 e. The Morgan fingerprint density at radius 2 is 1.87 bits per heavy atom. The van der Waals surface area contributed by atoms with E-state index in [9.17, 15) is 22.0 Å². The maximum absolute atomic E-state index is 12.2. The van der Waals surface area contributed by atoms with Crippen LogP contribution in [0, 0.1) is 0 Å². The number of ether oxygens (including phenoxy) is 1. The molecule has 1 aromatic rings. The van der Waals surface area contributed by atoms with E-state index in [1.54, 1.807) is 0 Å². The molecular formula is C9H7F5O. The van der Waals surface area contributed by atoms with Gasteiger partial charge in [-0.25, -0.2) is 8.78 Å². The van der Waals surface area contributed by atoms with Crippen LogP contribution in [0.2, 0.25) is 0 Å². The summed E-state index contributed by atoms with van der Waals surface area (Å²) in [4.78, 5) is 0. The minimum atomic E-state index is -4.50. The van der Waals surface area contributed by atoms with Gasteiger partial charge in [0.2, 0.25) is 0 Å². The van der Waals surface area contributed by atoms with Crippen LogP contribution >= 0.6 is 0 Å². The van der Waals surface area contributed by atoms with Crippen molar-refractivity contribution in [2.75, 3.05) is 6.61 Å². The van der Waals surface area contributed by atoms with Crippen LogP contribution in [-0.2, 0) is 6.18 Å². The summed E-state index contributed by atoms with van der Waals surface area (Å²) >= 11 is 0. The summed E-state index contributed by atoms with van der Waals surface area (Å²) in [6, 6.07) is 3.82. The van der Waals surface area contributed by atoms with Crippen LogP contribution in [0.1, 0.15) is 5.56 Å². The van der Waals surface area contributed by atoms with Crippen molar-refractivity contribution in [2.24, 2.45) is 0 Å². The van der Waals surface area contributed by atoms with Gasteiger partial charge in [-0.2, -0.15) is 13.2 Å². The van der Waals surface area contributed by atoms with Crippen LogP contribution in [0.15, 0.2) is 24.3 Å². The number of benzene rings is 1. The van der Waals surface area contributed by atoms with E-state index in [-0.39, 0.29) is 5.75 Å². The van der Waals surface area contributed by atoms with Crippen LogP contribution < -0.4 is 4.74 Å². The summed E-state index contributed by atoms with van der Waals surface area (Å²) in [5.74, 6) is -0.217. The average molecular weight is 226 g/mol. The molecule has 0 heterocycles. The second-order valence-electron chi connectivity index (χ2n) is 2.73. The molecular weight excluding hydrogens is 219 g/mol. The third-order valence-corrected chi connectivity index (χ3v) is 1.54. The Labute approximate surface area is 82.5 Å². The van der Waals surface area contributed by atoms with Crippen LogP contribution in [0.3, 0.4) is 0 Å². The SMILES string of the molecule is FC(F)COc1cccc(C(F)(F)F)c1. The number of hydrogen-bond donors (Lipinski definition) is 0. The standard InChI is InChI=1S/C9H7F5O/c10-8(11)5-15-7-3-1-2-6(4-7)9(12,13)14/h1-4,8H,5H2. The Hall–Kier alpha value is -1.33. The molecule has 15 heavy (non-hydrogen) atoms. The lowest BCUT2D eigenvalue weighted by atomic mass is 10.2. The van der Waals surface area contributed by atoms with Crippen molar-refractivity contribution in [1.82, 2.24) is 0 Å². The van der Waals surface area contributed by atoms with E-state index in [0.29, 0.717) is 6.07 Å². The molecule has 0 saturated heterocycles. The van der Waals surface area contributed by atoms with Gasteiger partial charge in [0.25, 0.3) is 6.43 Å². The molecule has 1 rings (SSSR count). The summed E-state index contributed by atoms with van der Waals surface area (Å²) < 4.78 is 64.4. The lowest BCUT2D eigenvalue weighted by molar-refractivity contribution is -0.137. The number of alkyl halides is 5. The fourth-order valence-electron chi connectivity index (χ4n) is 0.921. The van der Waals surface area contributed by atoms with E-state index in [4.69, 9.17) is 0 Å². The molecule has 0 aliphatic rings. The highest BCUT2D eigenvalue weighted by Gasteiger charge is 2.30. The Morgan fingerprint density at radius 1 is 1.20 bits per heavy atom. The fraction of sp³-hybridized carbons (Fsp3) is 0.333. The third-order valence-electron chi connectivity index (χ3n) is 1.54. The number of rotatable bonds is 3. The van der Waals surface area contributed by atoms with Crippen LogP contribution in [0.4, 0.5) is 22.0 Å². The molecule has 0 spiro atoms. The van der Waals surface area contributed by atoms with E-state index in [2.05, 4.69) is 4.74 Å². The maximum atomic E-state index is 12.2. The molecule has 0 saturated carbocycles. The minimum Gasteiger partial charge on any atom is -0.488 e. The monoisotopic (exact) mass is 226 g/mol. The summed E-state index contributed by atoms with van der Waals surface area (Å²) in [6.45, 7) is -0.915. The van der Waals surface area contributed by atoms with E-state index in [0.717, 1.165) is 12.1 Å². The zero-order chi connectivity index (χ0) is 11.5. The van der Waals surface area contributed by atoms with Gasteiger partial charge in [0.05, 0.1) is 5.56 Å². The fourth-order valence-corrected chi connectivity index (χ4v) is 0.921. The van der Waals surface area contributed by atoms with Gasteiger partial charge in [-0.3, -0.25) is 0 Å². The van der Waals surface area contributed by atoms with Crippen molar-refractivity contribution in [1.29, 1.82) is 0 Å². The molecule has 0 bridgehead atoms. The van der Waals surface area contributed by atoms with Crippen molar-refractivity contribution in [3.05, 3.63) is 29.8 Å². The highest BCUT2D eigenvalue weighted by Crippen LogP contribution is 2.31. The van der Waals surface area contributed by atoms with Crippen molar-refractivity contribution in [2.45, 2.75) is 12.6 Å².